The van der Waals surface area contributed by atoms with Crippen LogP contribution in [0, 0.1) is 0 Å². The molecule has 0 aromatic heterocycles. The number of carbonyl (C=O) groups is 1. The zero-order valence-electron chi connectivity index (χ0n) is 15.8. The number of alkyl halides is 1. The first-order valence-electron chi connectivity index (χ1n) is 9.63. The van der Waals surface area contributed by atoms with Crippen LogP contribution in [0.15, 0.2) is 5.16 Å². The lowest BCUT2D eigenvalue weighted by Gasteiger charge is -2.11. The van der Waals surface area contributed by atoms with Crippen molar-refractivity contribution in [2.75, 3.05) is 6.61 Å². The summed E-state index contributed by atoms with van der Waals surface area (Å²) in [5, 5.41) is 3.61. The predicted molar refractivity (Wildman–Crippen MR) is 105 cm³/mol. The smallest absolute Gasteiger partial charge is 0.356 e. The molecule has 0 N–H and O–H groups in total. The molecule has 0 saturated heterocycles. The van der Waals surface area contributed by atoms with Crippen molar-refractivity contribution >= 4 is 27.6 Å². The standard InChI is InChI=1S/C19H36BrNO3/c1-4-6-8-10-12-14-16-23-21-17(3)19(22)24-18(20)15-13-11-9-7-5-2/h18H,4-16H2,1-3H3. The quantitative estimate of drug-likeness (QED) is 0.0985. The van der Waals surface area contributed by atoms with E-state index < -0.39 is 5.97 Å². The molecule has 0 heterocycles. The SMILES string of the molecule is CCCCCCCCON=C(C)C(=O)OC(Br)CCCCCCC. The van der Waals surface area contributed by atoms with Gasteiger partial charge in [-0.05, 0) is 48.5 Å². The van der Waals surface area contributed by atoms with E-state index in [0.717, 1.165) is 25.7 Å². The number of nitrogens with zero attached hydrogens (tertiary/aromatic N) is 1. The molecular weight excluding hydrogens is 370 g/mol. The molecule has 0 aromatic rings. The highest BCUT2D eigenvalue weighted by Gasteiger charge is 2.14. The van der Waals surface area contributed by atoms with Gasteiger partial charge in [-0.1, -0.05) is 70.4 Å². The molecule has 142 valence electrons. The predicted octanol–water partition coefficient (Wildman–Crippen LogP) is 6.36. The van der Waals surface area contributed by atoms with Crippen LogP contribution in [-0.2, 0) is 14.4 Å². The number of oxime groups is 1. The lowest BCUT2D eigenvalue weighted by molar-refractivity contribution is -0.137. The number of unbranched alkanes of at least 4 members (excludes halogenated alkanes) is 9. The van der Waals surface area contributed by atoms with Gasteiger partial charge in [0.2, 0.25) is 0 Å². The first kappa shape index (κ1) is 23.4. The van der Waals surface area contributed by atoms with Crippen molar-refractivity contribution in [3.63, 3.8) is 0 Å². The van der Waals surface area contributed by atoms with E-state index in [9.17, 15) is 4.79 Å². The van der Waals surface area contributed by atoms with Crippen molar-refractivity contribution < 1.29 is 14.4 Å². The summed E-state index contributed by atoms with van der Waals surface area (Å²) >= 11 is 3.40. The molecule has 0 aliphatic rings. The van der Waals surface area contributed by atoms with Gasteiger partial charge in [0.25, 0.3) is 0 Å². The second-order valence-corrected chi connectivity index (χ2v) is 7.32. The molecule has 0 bridgehead atoms. The topological polar surface area (TPSA) is 47.9 Å². The minimum absolute atomic E-state index is 0.240. The lowest BCUT2D eigenvalue weighted by atomic mass is 10.1. The molecule has 0 spiro atoms. The Morgan fingerprint density at radius 2 is 1.46 bits per heavy atom. The van der Waals surface area contributed by atoms with E-state index in [-0.39, 0.29) is 10.7 Å². The zero-order valence-corrected chi connectivity index (χ0v) is 17.4. The van der Waals surface area contributed by atoms with Crippen molar-refractivity contribution in [3.05, 3.63) is 0 Å². The van der Waals surface area contributed by atoms with E-state index in [4.69, 9.17) is 9.57 Å². The van der Waals surface area contributed by atoms with Crippen LogP contribution in [0.5, 0.6) is 0 Å². The summed E-state index contributed by atoms with van der Waals surface area (Å²) in [5.74, 6) is -0.409. The molecule has 0 radical (unpaired) electrons. The minimum atomic E-state index is -0.409. The number of rotatable bonds is 16. The molecule has 0 rings (SSSR count). The maximum atomic E-state index is 11.9. The van der Waals surface area contributed by atoms with Gasteiger partial charge in [0.15, 0.2) is 10.7 Å². The summed E-state index contributed by atoms with van der Waals surface area (Å²) < 4.78 is 5.31. The fraction of sp³-hybridized carbons (Fsp3) is 0.895. The number of carbonyl (C=O) groups excluding carboxylic acids is 1. The van der Waals surface area contributed by atoms with Gasteiger partial charge in [-0.25, -0.2) is 4.79 Å². The van der Waals surface area contributed by atoms with Crippen LogP contribution < -0.4 is 0 Å². The Labute approximate surface area is 156 Å². The highest BCUT2D eigenvalue weighted by Crippen LogP contribution is 2.14. The summed E-state index contributed by atoms with van der Waals surface area (Å²) in [6, 6.07) is 0. The molecule has 0 amide bonds. The molecule has 0 saturated carbocycles. The van der Waals surface area contributed by atoms with Gasteiger partial charge in [-0.2, -0.15) is 0 Å². The van der Waals surface area contributed by atoms with Crippen LogP contribution in [0.4, 0.5) is 0 Å². The van der Waals surface area contributed by atoms with Crippen molar-refractivity contribution in [3.8, 4) is 0 Å². The van der Waals surface area contributed by atoms with Crippen LogP contribution in [0.1, 0.15) is 97.8 Å². The molecule has 4 nitrogen and oxygen atoms in total. The fourth-order valence-corrected chi connectivity index (χ4v) is 2.79. The molecule has 5 heteroatoms. The zero-order chi connectivity index (χ0) is 18.0. The summed E-state index contributed by atoms with van der Waals surface area (Å²) in [4.78, 5) is 17.1. The van der Waals surface area contributed by atoms with Gasteiger partial charge in [0.05, 0.1) is 0 Å². The van der Waals surface area contributed by atoms with Gasteiger partial charge in [-0.3, -0.25) is 0 Å². The Morgan fingerprint density at radius 3 is 2.08 bits per heavy atom. The summed E-state index contributed by atoms with van der Waals surface area (Å²) in [5.41, 5.74) is 0.274. The molecule has 0 fully saturated rings. The Hall–Kier alpha value is -0.580. The number of hydrogen-bond acceptors (Lipinski definition) is 4. The molecule has 24 heavy (non-hydrogen) atoms. The fourth-order valence-electron chi connectivity index (χ4n) is 2.30. The highest BCUT2D eigenvalue weighted by molar-refractivity contribution is 9.09. The van der Waals surface area contributed by atoms with E-state index in [0.29, 0.717) is 6.61 Å². The maximum absolute atomic E-state index is 11.9. The van der Waals surface area contributed by atoms with E-state index in [1.807, 2.05) is 0 Å². The minimum Gasteiger partial charge on any atom is -0.446 e. The number of hydrogen-bond donors (Lipinski definition) is 0. The number of ether oxygens (including phenoxy) is 1. The molecule has 1 atom stereocenters. The summed E-state index contributed by atoms with van der Waals surface area (Å²) in [7, 11) is 0. The molecule has 0 aromatic carbocycles. The molecule has 1 unspecified atom stereocenters. The maximum Gasteiger partial charge on any atom is 0.356 e. The van der Waals surface area contributed by atoms with E-state index in [1.165, 1.54) is 51.4 Å². The molecule has 0 aliphatic heterocycles. The molecule has 0 aliphatic carbocycles. The first-order chi connectivity index (χ1) is 11.6. The van der Waals surface area contributed by atoms with Crippen molar-refractivity contribution in [1.82, 2.24) is 0 Å². The summed E-state index contributed by atoms with van der Waals surface area (Å²) in [6.07, 6.45) is 14.1. The Morgan fingerprint density at radius 1 is 0.917 bits per heavy atom. The first-order valence-corrected chi connectivity index (χ1v) is 10.5. The third-order valence-electron chi connectivity index (χ3n) is 3.86. The highest BCUT2D eigenvalue weighted by atomic mass is 79.9. The van der Waals surface area contributed by atoms with E-state index >= 15 is 0 Å². The van der Waals surface area contributed by atoms with Gasteiger partial charge in [0.1, 0.15) is 6.61 Å². The normalized spacial score (nSPS) is 12.9. The van der Waals surface area contributed by atoms with Crippen LogP contribution in [0.2, 0.25) is 0 Å². The Kier molecular flexibility index (Phi) is 16.8. The second-order valence-electron chi connectivity index (χ2n) is 6.30. The van der Waals surface area contributed by atoms with Crippen molar-refractivity contribution in [1.29, 1.82) is 0 Å². The third kappa shape index (κ3) is 15.0. The molecular formula is C19H36BrNO3. The number of esters is 1. The van der Waals surface area contributed by atoms with Crippen LogP contribution >= 0.6 is 15.9 Å². The largest absolute Gasteiger partial charge is 0.446 e. The Balaban J connectivity index is 3.69. The van der Waals surface area contributed by atoms with Gasteiger partial charge in [0, 0.05) is 0 Å². The Bertz CT molecular complexity index is 335. The van der Waals surface area contributed by atoms with Gasteiger partial charge >= 0.3 is 5.97 Å². The van der Waals surface area contributed by atoms with Gasteiger partial charge < -0.3 is 9.57 Å². The number of halogens is 1. The van der Waals surface area contributed by atoms with Crippen LogP contribution in [0.3, 0.4) is 0 Å². The van der Waals surface area contributed by atoms with Crippen LogP contribution in [-0.4, -0.2) is 23.3 Å². The third-order valence-corrected chi connectivity index (χ3v) is 4.50. The van der Waals surface area contributed by atoms with E-state index in [2.05, 4.69) is 34.9 Å². The van der Waals surface area contributed by atoms with Crippen LogP contribution in [0.25, 0.3) is 0 Å². The second kappa shape index (κ2) is 17.2. The van der Waals surface area contributed by atoms with E-state index in [1.54, 1.807) is 6.92 Å². The summed E-state index contributed by atoms with van der Waals surface area (Å²) in [6.45, 7) is 6.60. The van der Waals surface area contributed by atoms with Crippen molar-refractivity contribution in [2.24, 2.45) is 5.16 Å². The lowest BCUT2D eigenvalue weighted by Crippen LogP contribution is -2.19. The monoisotopic (exact) mass is 405 g/mol. The average Bonchev–Trinajstić information content (AvgIpc) is 2.56. The van der Waals surface area contributed by atoms with Crippen molar-refractivity contribution in [2.45, 2.75) is 103 Å². The average molecular weight is 406 g/mol. The van der Waals surface area contributed by atoms with Gasteiger partial charge in [-0.15, -0.1) is 0 Å².